The van der Waals surface area contributed by atoms with Crippen molar-refractivity contribution in [1.29, 1.82) is 0 Å². The van der Waals surface area contributed by atoms with Gasteiger partial charge in [-0.3, -0.25) is 9.69 Å². The van der Waals surface area contributed by atoms with Crippen molar-refractivity contribution >= 4 is 17.6 Å². The van der Waals surface area contributed by atoms with Crippen LogP contribution in [0.25, 0.3) is 0 Å². The third-order valence-electron chi connectivity index (χ3n) is 5.23. The van der Waals surface area contributed by atoms with E-state index in [1.54, 1.807) is 16.9 Å². The van der Waals surface area contributed by atoms with Crippen LogP contribution in [0.1, 0.15) is 33.6 Å². The molecule has 0 saturated carbocycles. The summed E-state index contributed by atoms with van der Waals surface area (Å²) in [5.74, 6) is 0.655. The fourth-order valence-electron chi connectivity index (χ4n) is 3.46. The number of ether oxygens (including phenoxy) is 1. The molecule has 1 fully saturated rings. The highest BCUT2D eigenvalue weighted by Crippen LogP contribution is 2.23. The standard InChI is InChI=1S/C21H34N4O3/c1-5-23(6-2)13-7-8-17(3)22-20(26)16-24-14-15-25(21(24)27)18-9-11-19(28-4)12-10-18/h9-12,17H,5-8,13-16H2,1-4H3,(H,22,26). The highest BCUT2D eigenvalue weighted by Gasteiger charge is 2.31. The number of benzene rings is 1. The molecular formula is C21H34N4O3. The molecule has 1 unspecified atom stereocenters. The quantitative estimate of drug-likeness (QED) is 0.631. The first-order chi connectivity index (χ1) is 13.5. The minimum atomic E-state index is -0.130. The molecule has 3 amide bonds. The molecule has 1 heterocycles. The Morgan fingerprint density at radius 3 is 2.50 bits per heavy atom. The van der Waals surface area contributed by atoms with Gasteiger partial charge in [0, 0.05) is 24.8 Å². The van der Waals surface area contributed by atoms with E-state index < -0.39 is 0 Å². The van der Waals surface area contributed by atoms with E-state index in [1.807, 2.05) is 31.2 Å². The number of nitrogens with one attached hydrogen (secondary N) is 1. The second-order valence-corrected chi connectivity index (χ2v) is 7.19. The van der Waals surface area contributed by atoms with Crippen LogP contribution in [0.3, 0.4) is 0 Å². The third kappa shape index (κ3) is 6.12. The zero-order valence-electron chi connectivity index (χ0n) is 17.6. The molecule has 0 aromatic heterocycles. The van der Waals surface area contributed by atoms with E-state index in [-0.39, 0.29) is 24.5 Å². The summed E-state index contributed by atoms with van der Waals surface area (Å²) in [6, 6.07) is 7.36. The fourth-order valence-corrected chi connectivity index (χ4v) is 3.46. The van der Waals surface area contributed by atoms with E-state index in [0.717, 1.165) is 43.9 Å². The molecule has 1 atom stereocenters. The van der Waals surface area contributed by atoms with E-state index in [0.29, 0.717) is 13.1 Å². The molecule has 2 rings (SSSR count). The summed E-state index contributed by atoms with van der Waals surface area (Å²) in [5.41, 5.74) is 0.818. The van der Waals surface area contributed by atoms with Crippen LogP contribution in [0.15, 0.2) is 24.3 Å². The van der Waals surface area contributed by atoms with Gasteiger partial charge in [-0.2, -0.15) is 0 Å². The van der Waals surface area contributed by atoms with Crippen LogP contribution in [0, 0.1) is 0 Å². The molecule has 156 valence electrons. The summed E-state index contributed by atoms with van der Waals surface area (Å²) in [5, 5.41) is 3.02. The predicted molar refractivity (Wildman–Crippen MR) is 112 cm³/mol. The van der Waals surface area contributed by atoms with Crippen LogP contribution in [0.2, 0.25) is 0 Å². The van der Waals surface area contributed by atoms with Crippen molar-refractivity contribution in [2.24, 2.45) is 0 Å². The molecule has 1 N–H and O–H groups in total. The molecule has 7 heteroatoms. The van der Waals surface area contributed by atoms with Crippen LogP contribution in [0.4, 0.5) is 10.5 Å². The van der Waals surface area contributed by atoms with E-state index in [1.165, 1.54) is 0 Å². The zero-order chi connectivity index (χ0) is 20.5. The normalized spacial score (nSPS) is 15.2. The zero-order valence-corrected chi connectivity index (χ0v) is 17.6. The number of methoxy groups -OCH3 is 1. The topological polar surface area (TPSA) is 65.1 Å². The number of nitrogens with zero attached hydrogens (tertiary/aromatic N) is 3. The molecule has 1 aliphatic heterocycles. The molecule has 0 aliphatic carbocycles. The maximum absolute atomic E-state index is 12.6. The number of hydrogen-bond acceptors (Lipinski definition) is 4. The Morgan fingerprint density at radius 2 is 1.89 bits per heavy atom. The number of carbonyl (C=O) groups is 2. The predicted octanol–water partition coefficient (Wildman–Crippen LogP) is 2.56. The molecule has 7 nitrogen and oxygen atoms in total. The Hall–Kier alpha value is -2.28. The Labute approximate surface area is 168 Å². The van der Waals surface area contributed by atoms with Crippen molar-refractivity contribution < 1.29 is 14.3 Å². The van der Waals surface area contributed by atoms with Gasteiger partial charge in [0.05, 0.1) is 7.11 Å². The van der Waals surface area contributed by atoms with Crippen molar-refractivity contribution in [3.8, 4) is 5.75 Å². The summed E-state index contributed by atoms with van der Waals surface area (Å²) in [4.78, 5) is 30.6. The molecule has 0 bridgehead atoms. The van der Waals surface area contributed by atoms with Crippen LogP contribution in [-0.4, -0.2) is 74.2 Å². The SMILES string of the molecule is CCN(CC)CCCC(C)NC(=O)CN1CCN(c2ccc(OC)cc2)C1=O. The Morgan fingerprint density at radius 1 is 1.21 bits per heavy atom. The van der Waals surface area contributed by atoms with Gasteiger partial charge in [0.1, 0.15) is 12.3 Å². The monoisotopic (exact) mass is 390 g/mol. The minimum Gasteiger partial charge on any atom is -0.497 e. The number of carbonyl (C=O) groups excluding carboxylic acids is 2. The van der Waals surface area contributed by atoms with E-state index in [2.05, 4.69) is 24.1 Å². The summed E-state index contributed by atoms with van der Waals surface area (Å²) < 4.78 is 5.15. The molecule has 1 aliphatic rings. The lowest BCUT2D eigenvalue weighted by Crippen LogP contribution is -2.43. The molecular weight excluding hydrogens is 356 g/mol. The molecule has 1 saturated heterocycles. The number of hydrogen-bond donors (Lipinski definition) is 1. The molecule has 0 radical (unpaired) electrons. The number of anilines is 1. The van der Waals surface area contributed by atoms with E-state index in [4.69, 9.17) is 4.74 Å². The molecule has 28 heavy (non-hydrogen) atoms. The Kier molecular flexibility index (Phi) is 8.57. The highest BCUT2D eigenvalue weighted by molar-refractivity contribution is 5.96. The Balaban J connectivity index is 1.76. The highest BCUT2D eigenvalue weighted by atomic mass is 16.5. The van der Waals surface area contributed by atoms with E-state index >= 15 is 0 Å². The van der Waals surface area contributed by atoms with Gasteiger partial charge >= 0.3 is 6.03 Å². The van der Waals surface area contributed by atoms with Gasteiger partial charge in [-0.25, -0.2) is 4.79 Å². The number of urea groups is 1. The molecule has 1 aromatic carbocycles. The third-order valence-corrected chi connectivity index (χ3v) is 5.23. The van der Waals surface area contributed by atoms with Crippen molar-refractivity contribution in [2.45, 2.75) is 39.7 Å². The lowest BCUT2D eigenvalue weighted by Gasteiger charge is -2.21. The first-order valence-corrected chi connectivity index (χ1v) is 10.2. The van der Waals surface area contributed by atoms with Crippen LogP contribution in [0.5, 0.6) is 5.75 Å². The first kappa shape index (κ1) is 22.0. The summed E-state index contributed by atoms with van der Waals surface area (Å²) in [6.07, 6.45) is 1.99. The van der Waals surface area contributed by atoms with Gasteiger partial charge in [-0.15, -0.1) is 0 Å². The lowest BCUT2D eigenvalue weighted by atomic mass is 10.1. The lowest BCUT2D eigenvalue weighted by molar-refractivity contribution is -0.122. The molecule has 0 spiro atoms. The van der Waals surface area contributed by atoms with Crippen LogP contribution >= 0.6 is 0 Å². The summed E-state index contributed by atoms with van der Waals surface area (Å²) in [6.45, 7) is 10.7. The van der Waals surface area contributed by atoms with Gasteiger partial charge in [-0.05, 0) is 63.7 Å². The van der Waals surface area contributed by atoms with Crippen LogP contribution in [-0.2, 0) is 4.79 Å². The summed E-state index contributed by atoms with van der Waals surface area (Å²) >= 11 is 0. The maximum atomic E-state index is 12.6. The number of rotatable bonds is 11. The number of amides is 3. The average Bonchev–Trinajstić information content (AvgIpc) is 3.05. The van der Waals surface area contributed by atoms with Gasteiger partial charge in [0.15, 0.2) is 0 Å². The fraction of sp³-hybridized carbons (Fsp3) is 0.619. The van der Waals surface area contributed by atoms with E-state index in [9.17, 15) is 9.59 Å². The van der Waals surface area contributed by atoms with Crippen molar-refractivity contribution in [3.63, 3.8) is 0 Å². The van der Waals surface area contributed by atoms with Gasteiger partial charge in [-0.1, -0.05) is 13.8 Å². The summed E-state index contributed by atoms with van der Waals surface area (Å²) in [7, 11) is 1.61. The second kappa shape index (κ2) is 10.9. The minimum absolute atomic E-state index is 0.0970. The van der Waals surface area contributed by atoms with Gasteiger partial charge < -0.3 is 19.9 Å². The van der Waals surface area contributed by atoms with Crippen LogP contribution < -0.4 is 15.0 Å². The smallest absolute Gasteiger partial charge is 0.325 e. The molecule has 1 aromatic rings. The Bertz CT molecular complexity index is 631. The van der Waals surface area contributed by atoms with Crippen molar-refractivity contribution in [2.75, 3.05) is 51.3 Å². The maximum Gasteiger partial charge on any atom is 0.325 e. The van der Waals surface area contributed by atoms with Crippen molar-refractivity contribution in [1.82, 2.24) is 15.1 Å². The second-order valence-electron chi connectivity index (χ2n) is 7.19. The van der Waals surface area contributed by atoms with Gasteiger partial charge in [0.2, 0.25) is 5.91 Å². The largest absolute Gasteiger partial charge is 0.497 e. The van der Waals surface area contributed by atoms with Crippen molar-refractivity contribution in [3.05, 3.63) is 24.3 Å². The average molecular weight is 391 g/mol. The van der Waals surface area contributed by atoms with Gasteiger partial charge in [0.25, 0.3) is 0 Å². The first-order valence-electron chi connectivity index (χ1n) is 10.2.